The van der Waals surface area contributed by atoms with Gasteiger partial charge in [0.2, 0.25) is 11.7 Å². The van der Waals surface area contributed by atoms with E-state index in [0.29, 0.717) is 17.2 Å². The Kier molecular flexibility index (Phi) is 4.35. The standard InChI is InChI=1S/C23H20N4O4/c1-3-14-8-10-15(11-9-14)20-24-19(31-26-20)13-27-21(28)23(2,25-22(27)29)18-12-16-6-4-5-7-17(16)30-18/h4-12H,3,13H2,1-2H3,(H,25,29)/t23-/m0/s1. The van der Waals surface area contributed by atoms with Crippen LogP contribution in [-0.2, 0) is 23.3 Å². The van der Waals surface area contributed by atoms with Crippen LogP contribution in [0.5, 0.6) is 0 Å². The highest BCUT2D eigenvalue weighted by molar-refractivity contribution is 6.07. The van der Waals surface area contributed by atoms with Gasteiger partial charge in [0.05, 0.1) is 0 Å². The Balaban J connectivity index is 1.38. The predicted octanol–water partition coefficient (Wildman–Crippen LogP) is 4.01. The van der Waals surface area contributed by atoms with Crippen LogP contribution in [0.3, 0.4) is 0 Å². The van der Waals surface area contributed by atoms with Gasteiger partial charge in [0.1, 0.15) is 17.9 Å². The van der Waals surface area contributed by atoms with E-state index in [1.807, 2.05) is 48.5 Å². The highest BCUT2D eigenvalue weighted by atomic mass is 16.5. The molecule has 0 aliphatic carbocycles. The second kappa shape index (κ2) is 7.09. The molecule has 0 bridgehead atoms. The average Bonchev–Trinajstić information content (AvgIpc) is 3.48. The minimum absolute atomic E-state index is 0.124. The van der Waals surface area contributed by atoms with Gasteiger partial charge >= 0.3 is 6.03 Å². The van der Waals surface area contributed by atoms with E-state index in [1.165, 1.54) is 5.56 Å². The largest absolute Gasteiger partial charge is 0.458 e. The number of aromatic nitrogens is 2. The summed E-state index contributed by atoms with van der Waals surface area (Å²) in [5, 5.41) is 7.57. The Bertz CT molecular complexity index is 1260. The normalized spacial score (nSPS) is 18.7. The average molecular weight is 416 g/mol. The van der Waals surface area contributed by atoms with Crippen molar-refractivity contribution < 1.29 is 18.5 Å². The van der Waals surface area contributed by atoms with E-state index < -0.39 is 17.5 Å². The Hall–Kier alpha value is -3.94. The molecule has 1 fully saturated rings. The number of fused-ring (bicyclic) bond motifs is 1. The van der Waals surface area contributed by atoms with E-state index in [2.05, 4.69) is 22.4 Å². The molecule has 2 aromatic carbocycles. The number of hydrogen-bond acceptors (Lipinski definition) is 6. The van der Waals surface area contributed by atoms with Crippen LogP contribution in [0.2, 0.25) is 0 Å². The van der Waals surface area contributed by atoms with Crippen LogP contribution in [0.15, 0.2) is 63.5 Å². The van der Waals surface area contributed by atoms with Crippen molar-refractivity contribution in [2.45, 2.75) is 32.4 Å². The van der Waals surface area contributed by atoms with Crippen LogP contribution in [0.1, 0.15) is 31.1 Å². The van der Waals surface area contributed by atoms with Gasteiger partial charge in [-0.25, -0.2) is 4.79 Å². The zero-order chi connectivity index (χ0) is 21.6. The van der Waals surface area contributed by atoms with Crippen molar-refractivity contribution in [1.82, 2.24) is 20.4 Å². The van der Waals surface area contributed by atoms with E-state index in [4.69, 9.17) is 8.94 Å². The van der Waals surface area contributed by atoms with Crippen molar-refractivity contribution in [1.29, 1.82) is 0 Å². The molecular weight excluding hydrogens is 396 g/mol. The summed E-state index contributed by atoms with van der Waals surface area (Å²) < 4.78 is 11.1. The number of imide groups is 1. The number of carbonyl (C=O) groups excluding carboxylic acids is 2. The first kappa shape index (κ1) is 19.0. The lowest BCUT2D eigenvalue weighted by Crippen LogP contribution is -2.40. The second-order valence-corrected chi connectivity index (χ2v) is 7.66. The van der Waals surface area contributed by atoms with Crippen LogP contribution in [0, 0.1) is 0 Å². The van der Waals surface area contributed by atoms with Gasteiger partial charge in [-0.1, -0.05) is 54.5 Å². The van der Waals surface area contributed by atoms with Crippen molar-refractivity contribution >= 4 is 22.9 Å². The summed E-state index contributed by atoms with van der Waals surface area (Å²) in [5.41, 5.74) is 1.35. The second-order valence-electron chi connectivity index (χ2n) is 7.66. The molecule has 4 aromatic rings. The Labute approximate surface area is 177 Å². The third-order valence-corrected chi connectivity index (χ3v) is 5.58. The predicted molar refractivity (Wildman–Crippen MR) is 112 cm³/mol. The van der Waals surface area contributed by atoms with Crippen LogP contribution < -0.4 is 5.32 Å². The molecule has 8 nitrogen and oxygen atoms in total. The Morgan fingerprint density at radius 3 is 2.61 bits per heavy atom. The van der Waals surface area contributed by atoms with Gasteiger partial charge in [-0.2, -0.15) is 4.98 Å². The van der Waals surface area contributed by atoms with Crippen molar-refractivity contribution in [3.8, 4) is 11.4 Å². The third kappa shape index (κ3) is 3.16. The molecule has 1 atom stereocenters. The number of nitrogens with zero attached hydrogens (tertiary/aromatic N) is 3. The van der Waals surface area contributed by atoms with Crippen molar-refractivity contribution in [3.05, 3.63) is 71.8 Å². The molecule has 0 unspecified atom stereocenters. The first-order chi connectivity index (χ1) is 15.0. The zero-order valence-corrected chi connectivity index (χ0v) is 17.1. The fourth-order valence-electron chi connectivity index (χ4n) is 3.70. The molecule has 1 aliphatic heterocycles. The monoisotopic (exact) mass is 416 g/mol. The Morgan fingerprint density at radius 1 is 1.10 bits per heavy atom. The van der Waals surface area contributed by atoms with Crippen LogP contribution in [-0.4, -0.2) is 27.0 Å². The topological polar surface area (TPSA) is 101 Å². The van der Waals surface area contributed by atoms with Gasteiger partial charge in [0.15, 0.2) is 5.54 Å². The highest BCUT2D eigenvalue weighted by Gasteiger charge is 2.51. The molecule has 3 amide bonds. The van der Waals surface area contributed by atoms with Gasteiger partial charge < -0.3 is 14.3 Å². The smallest absolute Gasteiger partial charge is 0.325 e. The summed E-state index contributed by atoms with van der Waals surface area (Å²) in [4.78, 5) is 31.2. The fourth-order valence-corrected chi connectivity index (χ4v) is 3.70. The maximum absolute atomic E-state index is 13.2. The van der Waals surface area contributed by atoms with Crippen LogP contribution in [0.25, 0.3) is 22.4 Å². The van der Waals surface area contributed by atoms with Crippen molar-refractivity contribution in [2.75, 3.05) is 0 Å². The van der Waals surface area contributed by atoms with E-state index in [9.17, 15) is 9.59 Å². The number of aryl methyl sites for hydroxylation is 1. The molecule has 8 heteroatoms. The number of amides is 3. The van der Waals surface area contributed by atoms with Gasteiger partial charge in [0.25, 0.3) is 5.91 Å². The van der Waals surface area contributed by atoms with Crippen LogP contribution in [0.4, 0.5) is 4.79 Å². The maximum Gasteiger partial charge on any atom is 0.325 e. The molecule has 1 N–H and O–H groups in total. The molecule has 31 heavy (non-hydrogen) atoms. The summed E-state index contributed by atoms with van der Waals surface area (Å²) in [7, 11) is 0. The molecule has 0 radical (unpaired) electrons. The minimum atomic E-state index is -1.31. The number of hydrogen-bond donors (Lipinski definition) is 1. The van der Waals surface area contributed by atoms with Crippen molar-refractivity contribution in [2.24, 2.45) is 0 Å². The number of benzene rings is 2. The molecule has 3 heterocycles. The van der Waals surface area contributed by atoms with Gasteiger partial charge in [0, 0.05) is 10.9 Å². The molecular formula is C23H20N4O4. The maximum atomic E-state index is 13.2. The minimum Gasteiger partial charge on any atom is -0.458 e. The molecule has 0 spiro atoms. The zero-order valence-electron chi connectivity index (χ0n) is 17.1. The summed E-state index contributed by atoms with van der Waals surface area (Å²) in [6.07, 6.45) is 0.938. The number of carbonyl (C=O) groups is 2. The van der Waals surface area contributed by atoms with E-state index in [0.717, 1.165) is 22.3 Å². The first-order valence-corrected chi connectivity index (χ1v) is 10.0. The van der Waals surface area contributed by atoms with E-state index >= 15 is 0 Å². The van der Waals surface area contributed by atoms with Crippen LogP contribution >= 0.6 is 0 Å². The molecule has 1 aliphatic rings. The Morgan fingerprint density at radius 2 is 1.87 bits per heavy atom. The number of para-hydroxylation sites is 1. The molecule has 1 saturated heterocycles. The fraction of sp³-hybridized carbons (Fsp3) is 0.217. The molecule has 0 saturated carbocycles. The first-order valence-electron chi connectivity index (χ1n) is 10.0. The summed E-state index contributed by atoms with van der Waals surface area (Å²) in [6.45, 7) is 3.58. The number of rotatable bonds is 5. The lowest BCUT2D eigenvalue weighted by molar-refractivity contribution is -0.132. The third-order valence-electron chi connectivity index (χ3n) is 5.58. The highest BCUT2D eigenvalue weighted by Crippen LogP contribution is 2.33. The molecule has 2 aromatic heterocycles. The summed E-state index contributed by atoms with van der Waals surface area (Å²) in [5.74, 6) is 0.511. The number of urea groups is 1. The summed E-state index contributed by atoms with van der Waals surface area (Å²) >= 11 is 0. The lowest BCUT2D eigenvalue weighted by Gasteiger charge is -2.18. The van der Waals surface area contributed by atoms with Gasteiger partial charge in [-0.15, -0.1) is 0 Å². The number of nitrogens with one attached hydrogen (secondary N) is 1. The number of furan rings is 1. The molecule has 156 valence electrons. The molecule has 5 rings (SSSR count). The van der Waals surface area contributed by atoms with Gasteiger partial charge in [-0.05, 0) is 31.0 Å². The lowest BCUT2D eigenvalue weighted by atomic mass is 9.99. The SMILES string of the molecule is CCc1ccc(-c2noc(CN3C(=O)N[C@@](C)(c4cc5ccccc5o4)C3=O)n2)cc1. The van der Waals surface area contributed by atoms with Crippen molar-refractivity contribution in [3.63, 3.8) is 0 Å². The van der Waals surface area contributed by atoms with Gasteiger partial charge in [-0.3, -0.25) is 9.69 Å². The van der Waals surface area contributed by atoms with E-state index in [-0.39, 0.29) is 12.4 Å². The quantitative estimate of drug-likeness (QED) is 0.493. The summed E-state index contributed by atoms with van der Waals surface area (Å²) in [6, 6.07) is 16.5. The van der Waals surface area contributed by atoms with E-state index in [1.54, 1.807) is 13.0 Å².